The normalized spacial score (nSPS) is 30.2. The minimum atomic E-state index is -0.370. The number of nitrogens with one attached hydrogen (secondary N) is 1. The molecule has 2 N–H and O–H groups in total. The number of piperidine rings is 1. The van der Waals surface area contributed by atoms with Gasteiger partial charge in [0, 0.05) is 43.0 Å². The van der Waals surface area contributed by atoms with Crippen LogP contribution in [0.5, 0.6) is 0 Å². The molecule has 2 saturated carbocycles. The maximum Gasteiger partial charge on any atom is 0.230 e. The minimum Gasteiger partial charge on any atom is -0.393 e. The van der Waals surface area contributed by atoms with E-state index in [1.165, 1.54) is 0 Å². The molecule has 2 aliphatic carbocycles. The average molecular weight is 451 g/mol. The number of amides is 2. The first-order valence-electron chi connectivity index (χ1n) is 12.6. The second-order valence-electron chi connectivity index (χ2n) is 10.4. The lowest BCUT2D eigenvalue weighted by Gasteiger charge is -2.42. The topological polar surface area (TPSA) is 77.2 Å². The van der Waals surface area contributed by atoms with Crippen molar-refractivity contribution in [2.75, 3.05) is 29.9 Å². The Labute approximate surface area is 195 Å². The Morgan fingerprint density at radius 1 is 1.09 bits per heavy atom. The van der Waals surface area contributed by atoms with Crippen LogP contribution in [0.25, 0.3) is 4.85 Å². The van der Waals surface area contributed by atoms with Gasteiger partial charge in [0.2, 0.25) is 17.5 Å². The molecule has 33 heavy (non-hydrogen) atoms. The first kappa shape index (κ1) is 22.2. The van der Waals surface area contributed by atoms with Crippen LogP contribution in [-0.4, -0.2) is 53.6 Å². The van der Waals surface area contributed by atoms with Crippen molar-refractivity contribution >= 4 is 28.9 Å². The molecular weight excluding hydrogens is 416 g/mol. The van der Waals surface area contributed by atoms with Gasteiger partial charge in [-0.25, -0.2) is 4.85 Å². The lowest BCUT2D eigenvalue weighted by molar-refractivity contribution is -0.139. The highest BCUT2D eigenvalue weighted by Crippen LogP contribution is 2.45. The number of rotatable bonds is 4. The number of anilines is 2. The van der Waals surface area contributed by atoms with Gasteiger partial charge in [0.1, 0.15) is 0 Å². The number of hydrogen-bond acceptors (Lipinski definition) is 4. The van der Waals surface area contributed by atoms with Crippen LogP contribution in [0.2, 0.25) is 0 Å². The van der Waals surface area contributed by atoms with E-state index in [-0.39, 0.29) is 35.3 Å². The molecule has 4 aliphatic rings. The number of nitrogens with zero attached hydrogens (tertiary/aromatic N) is 3. The molecule has 0 bridgehead atoms. The number of aliphatic hydroxyl groups is 1. The third kappa shape index (κ3) is 4.21. The highest BCUT2D eigenvalue weighted by atomic mass is 16.3. The fraction of sp³-hybridized carbons (Fsp3) is 0.654. The summed E-state index contributed by atoms with van der Waals surface area (Å²) in [6.07, 6.45) is 8.83. The molecule has 2 heterocycles. The summed E-state index contributed by atoms with van der Waals surface area (Å²) in [5.41, 5.74) is 1.70. The Morgan fingerprint density at radius 3 is 2.58 bits per heavy atom. The number of carbonyl (C=O) groups excluding carboxylic acids is 2. The molecule has 0 radical (unpaired) electrons. The van der Waals surface area contributed by atoms with E-state index in [0.29, 0.717) is 17.9 Å². The summed E-state index contributed by atoms with van der Waals surface area (Å²) in [7, 11) is 0. The first-order chi connectivity index (χ1) is 16.0. The van der Waals surface area contributed by atoms with Crippen molar-refractivity contribution < 1.29 is 14.7 Å². The SMILES string of the molecule is [C-]#[N+]c1cc(NC(=O)C2CCC2)ccc1N1CCC[C@]2(CCN(C3CCC(O)CC3)C2=O)C1. The summed E-state index contributed by atoms with van der Waals surface area (Å²) in [4.78, 5) is 34.0. The lowest BCUT2D eigenvalue weighted by Crippen LogP contribution is -2.50. The second-order valence-corrected chi connectivity index (χ2v) is 10.4. The van der Waals surface area contributed by atoms with Crippen LogP contribution in [-0.2, 0) is 9.59 Å². The smallest absolute Gasteiger partial charge is 0.230 e. The third-order valence-corrected chi connectivity index (χ3v) is 8.41. The summed E-state index contributed by atoms with van der Waals surface area (Å²) in [6.45, 7) is 10.0. The summed E-state index contributed by atoms with van der Waals surface area (Å²) in [5, 5.41) is 12.8. The summed E-state index contributed by atoms with van der Waals surface area (Å²) in [6, 6.07) is 5.85. The molecule has 2 aliphatic heterocycles. The summed E-state index contributed by atoms with van der Waals surface area (Å²) < 4.78 is 0. The average Bonchev–Trinajstić information content (AvgIpc) is 3.08. The van der Waals surface area contributed by atoms with Crippen molar-refractivity contribution in [3.8, 4) is 0 Å². The summed E-state index contributed by atoms with van der Waals surface area (Å²) in [5.74, 6) is 0.419. The Bertz CT molecular complexity index is 961. The first-order valence-corrected chi connectivity index (χ1v) is 12.6. The van der Waals surface area contributed by atoms with Gasteiger partial charge in [0.15, 0.2) is 0 Å². The van der Waals surface area contributed by atoms with E-state index in [2.05, 4.69) is 20.0 Å². The second kappa shape index (κ2) is 8.98. The van der Waals surface area contributed by atoms with Crippen molar-refractivity contribution in [2.45, 2.75) is 76.4 Å². The maximum atomic E-state index is 13.6. The van der Waals surface area contributed by atoms with Crippen LogP contribution < -0.4 is 10.2 Å². The molecule has 1 aromatic carbocycles. The van der Waals surface area contributed by atoms with Gasteiger partial charge in [-0.15, -0.1) is 0 Å². The van der Waals surface area contributed by atoms with Gasteiger partial charge in [0.25, 0.3) is 0 Å². The van der Waals surface area contributed by atoms with E-state index in [9.17, 15) is 14.7 Å². The number of carbonyl (C=O) groups is 2. The zero-order valence-electron chi connectivity index (χ0n) is 19.3. The molecule has 4 fully saturated rings. The van der Waals surface area contributed by atoms with Crippen LogP contribution in [0.3, 0.4) is 0 Å². The standard InChI is InChI=1S/C26H34N4O3/c1-27-22-16-19(28-24(32)18-4-2-5-18)6-11-23(22)29-14-3-12-26(17-29)13-15-30(25(26)33)20-7-9-21(31)10-8-20/h6,11,16,18,20-21,31H,2-5,7-10,12-15,17H2,(H,28,32)/t20?,21?,26-/m0/s1. The Hall–Kier alpha value is -2.59. The van der Waals surface area contributed by atoms with Crippen LogP contribution in [0, 0.1) is 17.9 Å². The van der Waals surface area contributed by atoms with Crippen LogP contribution >= 0.6 is 0 Å². The molecule has 2 saturated heterocycles. The molecule has 7 nitrogen and oxygen atoms in total. The van der Waals surface area contributed by atoms with Crippen LogP contribution in [0.4, 0.5) is 17.1 Å². The van der Waals surface area contributed by atoms with Gasteiger partial charge in [-0.2, -0.15) is 0 Å². The van der Waals surface area contributed by atoms with Gasteiger partial charge in [0.05, 0.1) is 18.1 Å². The number of aliphatic hydroxyl groups excluding tert-OH is 1. The van der Waals surface area contributed by atoms with Crippen molar-refractivity contribution in [2.24, 2.45) is 11.3 Å². The predicted molar refractivity (Wildman–Crippen MR) is 127 cm³/mol. The fourth-order valence-corrected chi connectivity index (χ4v) is 6.15. The quantitative estimate of drug-likeness (QED) is 0.677. The van der Waals surface area contributed by atoms with Gasteiger partial charge >= 0.3 is 0 Å². The van der Waals surface area contributed by atoms with E-state index in [1.54, 1.807) is 6.07 Å². The molecule has 5 rings (SSSR count). The van der Waals surface area contributed by atoms with Crippen molar-refractivity contribution in [3.63, 3.8) is 0 Å². The molecular formula is C26H34N4O3. The zero-order valence-corrected chi connectivity index (χ0v) is 19.3. The third-order valence-electron chi connectivity index (χ3n) is 8.41. The molecule has 176 valence electrons. The predicted octanol–water partition coefficient (Wildman–Crippen LogP) is 4.10. The van der Waals surface area contributed by atoms with E-state index in [4.69, 9.17) is 6.57 Å². The highest BCUT2D eigenvalue weighted by Gasteiger charge is 2.50. The maximum absolute atomic E-state index is 13.6. The fourth-order valence-electron chi connectivity index (χ4n) is 6.15. The molecule has 2 amide bonds. The van der Waals surface area contributed by atoms with E-state index < -0.39 is 0 Å². The Kier molecular flexibility index (Phi) is 6.05. The van der Waals surface area contributed by atoms with E-state index >= 15 is 0 Å². The molecule has 1 atom stereocenters. The van der Waals surface area contributed by atoms with Crippen molar-refractivity contribution in [3.05, 3.63) is 29.6 Å². The monoisotopic (exact) mass is 450 g/mol. The van der Waals surface area contributed by atoms with Crippen molar-refractivity contribution in [1.29, 1.82) is 0 Å². The van der Waals surface area contributed by atoms with E-state index in [1.807, 2.05) is 12.1 Å². The van der Waals surface area contributed by atoms with Crippen LogP contribution in [0.15, 0.2) is 18.2 Å². The highest BCUT2D eigenvalue weighted by molar-refractivity contribution is 5.94. The van der Waals surface area contributed by atoms with Crippen molar-refractivity contribution in [1.82, 2.24) is 4.90 Å². The van der Waals surface area contributed by atoms with Gasteiger partial charge < -0.3 is 20.2 Å². The largest absolute Gasteiger partial charge is 0.393 e. The lowest BCUT2D eigenvalue weighted by atomic mass is 9.78. The minimum absolute atomic E-state index is 0.0498. The van der Waals surface area contributed by atoms with Gasteiger partial charge in [-0.05, 0) is 76.0 Å². The summed E-state index contributed by atoms with van der Waals surface area (Å²) >= 11 is 0. The zero-order chi connectivity index (χ0) is 23.0. The molecule has 0 aromatic heterocycles. The Morgan fingerprint density at radius 2 is 1.88 bits per heavy atom. The number of hydrogen-bond donors (Lipinski definition) is 2. The van der Waals surface area contributed by atoms with Crippen LogP contribution in [0.1, 0.15) is 64.2 Å². The molecule has 7 heteroatoms. The van der Waals surface area contributed by atoms with Gasteiger partial charge in [-0.1, -0.05) is 6.42 Å². The Balaban J connectivity index is 1.30. The molecule has 1 aromatic rings. The van der Waals surface area contributed by atoms with Gasteiger partial charge in [-0.3, -0.25) is 9.59 Å². The molecule has 0 unspecified atom stereocenters. The number of benzene rings is 1. The number of likely N-dealkylation sites (tertiary alicyclic amines) is 1. The molecule has 1 spiro atoms. The van der Waals surface area contributed by atoms with E-state index in [0.717, 1.165) is 83.0 Å².